The zero-order chi connectivity index (χ0) is 11.5. The van der Waals surface area contributed by atoms with Crippen LogP contribution in [0.2, 0.25) is 0 Å². The van der Waals surface area contributed by atoms with E-state index in [4.69, 9.17) is 11.6 Å². The summed E-state index contributed by atoms with van der Waals surface area (Å²) in [5, 5.41) is 1.15. The SMILES string of the molecule is Cc1cccc2[nH]cc(C=CC(=O)CCl)c12. The quantitative estimate of drug-likeness (QED) is 0.640. The van der Waals surface area contributed by atoms with Crippen LogP contribution in [0.5, 0.6) is 0 Å². The Morgan fingerprint density at radius 2 is 2.31 bits per heavy atom. The van der Waals surface area contributed by atoms with E-state index in [2.05, 4.69) is 18.0 Å². The number of carbonyl (C=O) groups is 1. The van der Waals surface area contributed by atoms with Gasteiger partial charge in [-0.3, -0.25) is 4.79 Å². The summed E-state index contributed by atoms with van der Waals surface area (Å²) in [4.78, 5) is 14.3. The molecule has 1 heterocycles. The molecule has 0 aliphatic carbocycles. The van der Waals surface area contributed by atoms with E-state index in [0.29, 0.717) is 0 Å². The van der Waals surface area contributed by atoms with Crippen molar-refractivity contribution in [1.82, 2.24) is 4.98 Å². The highest BCUT2D eigenvalue weighted by Gasteiger charge is 2.03. The molecule has 0 amide bonds. The number of rotatable bonds is 3. The second kappa shape index (κ2) is 4.54. The Balaban J connectivity index is 2.46. The van der Waals surface area contributed by atoms with Crippen molar-refractivity contribution in [3.8, 4) is 0 Å². The Labute approximate surface area is 98.9 Å². The zero-order valence-electron chi connectivity index (χ0n) is 8.96. The number of aromatic nitrogens is 1. The Morgan fingerprint density at radius 3 is 3.06 bits per heavy atom. The van der Waals surface area contributed by atoms with Crippen LogP contribution in [0.15, 0.2) is 30.5 Å². The largest absolute Gasteiger partial charge is 0.361 e. The number of ketones is 1. The number of aryl methyl sites for hydroxylation is 1. The number of allylic oxidation sites excluding steroid dienone is 1. The molecule has 0 unspecified atom stereocenters. The second-order valence-electron chi connectivity index (χ2n) is 3.67. The number of carbonyl (C=O) groups excluding carboxylic acids is 1. The van der Waals surface area contributed by atoms with Gasteiger partial charge in [-0.2, -0.15) is 0 Å². The molecule has 16 heavy (non-hydrogen) atoms. The Morgan fingerprint density at radius 1 is 1.50 bits per heavy atom. The lowest BCUT2D eigenvalue weighted by Crippen LogP contribution is -1.91. The fourth-order valence-corrected chi connectivity index (χ4v) is 1.85. The van der Waals surface area contributed by atoms with Gasteiger partial charge < -0.3 is 4.98 Å². The van der Waals surface area contributed by atoms with Crippen molar-refractivity contribution in [1.29, 1.82) is 0 Å². The van der Waals surface area contributed by atoms with Crippen LogP contribution >= 0.6 is 11.6 Å². The van der Waals surface area contributed by atoms with Gasteiger partial charge in [-0.25, -0.2) is 0 Å². The molecule has 0 spiro atoms. The number of halogens is 1. The lowest BCUT2D eigenvalue weighted by molar-refractivity contribution is -0.112. The number of alkyl halides is 1. The maximum atomic E-state index is 11.1. The van der Waals surface area contributed by atoms with Crippen molar-refractivity contribution in [2.24, 2.45) is 0 Å². The minimum Gasteiger partial charge on any atom is -0.361 e. The number of hydrogen-bond acceptors (Lipinski definition) is 1. The summed E-state index contributed by atoms with van der Waals surface area (Å²) in [5.41, 5.74) is 3.29. The average molecular weight is 234 g/mol. The maximum Gasteiger partial charge on any atom is 0.170 e. The van der Waals surface area contributed by atoms with Crippen LogP contribution in [-0.4, -0.2) is 16.6 Å². The first-order valence-electron chi connectivity index (χ1n) is 5.06. The molecule has 0 aliphatic heterocycles. The summed E-state index contributed by atoms with van der Waals surface area (Å²) in [6.07, 6.45) is 5.22. The molecule has 3 heteroatoms. The molecule has 1 aromatic carbocycles. The van der Waals surface area contributed by atoms with Gasteiger partial charge in [0.25, 0.3) is 0 Å². The Bertz CT molecular complexity index is 554. The van der Waals surface area contributed by atoms with E-state index in [1.165, 1.54) is 11.6 Å². The van der Waals surface area contributed by atoms with E-state index in [0.717, 1.165) is 16.5 Å². The van der Waals surface area contributed by atoms with E-state index in [-0.39, 0.29) is 11.7 Å². The number of hydrogen-bond donors (Lipinski definition) is 1. The van der Waals surface area contributed by atoms with Crippen molar-refractivity contribution < 1.29 is 4.79 Å². The molecule has 0 saturated carbocycles. The fraction of sp³-hybridized carbons (Fsp3) is 0.154. The number of nitrogens with one attached hydrogen (secondary N) is 1. The molecule has 0 atom stereocenters. The van der Waals surface area contributed by atoms with Gasteiger partial charge in [0.1, 0.15) is 0 Å². The first-order valence-corrected chi connectivity index (χ1v) is 5.59. The molecule has 2 rings (SSSR count). The van der Waals surface area contributed by atoms with E-state index in [1.807, 2.05) is 18.3 Å². The lowest BCUT2D eigenvalue weighted by Gasteiger charge is -1.96. The molecule has 0 radical (unpaired) electrons. The standard InChI is InChI=1S/C13H12ClNO/c1-9-3-2-4-12-13(9)10(8-15-12)5-6-11(16)7-14/h2-6,8,15H,7H2,1H3. The molecule has 1 N–H and O–H groups in total. The number of aromatic amines is 1. The van der Waals surface area contributed by atoms with Gasteiger partial charge >= 0.3 is 0 Å². The maximum absolute atomic E-state index is 11.1. The molecular formula is C13H12ClNO. The predicted molar refractivity (Wildman–Crippen MR) is 67.8 cm³/mol. The highest BCUT2D eigenvalue weighted by molar-refractivity contribution is 6.29. The highest BCUT2D eigenvalue weighted by Crippen LogP contribution is 2.22. The third-order valence-corrected chi connectivity index (χ3v) is 2.79. The Hall–Kier alpha value is -1.54. The first kappa shape index (κ1) is 11.0. The third-order valence-electron chi connectivity index (χ3n) is 2.53. The number of H-pyrrole nitrogens is 1. The minimum absolute atomic E-state index is 0.0256. The molecular weight excluding hydrogens is 222 g/mol. The van der Waals surface area contributed by atoms with Crippen LogP contribution in [-0.2, 0) is 4.79 Å². The smallest absolute Gasteiger partial charge is 0.170 e. The van der Waals surface area contributed by atoms with Crippen LogP contribution in [0, 0.1) is 6.92 Å². The van der Waals surface area contributed by atoms with Crippen LogP contribution in [0.3, 0.4) is 0 Å². The lowest BCUT2D eigenvalue weighted by atomic mass is 10.1. The van der Waals surface area contributed by atoms with Crippen molar-refractivity contribution in [3.63, 3.8) is 0 Å². The third kappa shape index (κ3) is 2.02. The monoisotopic (exact) mass is 233 g/mol. The van der Waals surface area contributed by atoms with E-state index < -0.39 is 0 Å². The summed E-state index contributed by atoms with van der Waals surface area (Å²) >= 11 is 5.43. The summed E-state index contributed by atoms with van der Waals surface area (Å²) in [5.74, 6) is -0.0534. The van der Waals surface area contributed by atoms with Gasteiger partial charge in [0, 0.05) is 22.7 Å². The van der Waals surface area contributed by atoms with Gasteiger partial charge in [0.15, 0.2) is 5.78 Å². The first-order chi connectivity index (χ1) is 7.72. The van der Waals surface area contributed by atoms with E-state index >= 15 is 0 Å². The van der Waals surface area contributed by atoms with Gasteiger partial charge in [-0.15, -0.1) is 11.6 Å². The summed E-state index contributed by atoms with van der Waals surface area (Å²) in [6, 6.07) is 6.07. The summed E-state index contributed by atoms with van der Waals surface area (Å²) in [7, 11) is 0. The second-order valence-corrected chi connectivity index (χ2v) is 3.94. The minimum atomic E-state index is -0.0791. The van der Waals surface area contributed by atoms with Crippen molar-refractivity contribution >= 4 is 34.4 Å². The van der Waals surface area contributed by atoms with Gasteiger partial charge in [0.2, 0.25) is 0 Å². The molecule has 2 nitrogen and oxygen atoms in total. The molecule has 0 aliphatic rings. The van der Waals surface area contributed by atoms with Crippen LogP contribution < -0.4 is 0 Å². The highest BCUT2D eigenvalue weighted by atomic mass is 35.5. The van der Waals surface area contributed by atoms with Crippen molar-refractivity contribution in [3.05, 3.63) is 41.6 Å². The van der Waals surface area contributed by atoms with Gasteiger partial charge in [0.05, 0.1) is 5.88 Å². The molecule has 82 valence electrons. The van der Waals surface area contributed by atoms with Crippen LogP contribution in [0.1, 0.15) is 11.1 Å². The van der Waals surface area contributed by atoms with E-state index in [9.17, 15) is 4.79 Å². The van der Waals surface area contributed by atoms with Crippen molar-refractivity contribution in [2.45, 2.75) is 6.92 Å². The topological polar surface area (TPSA) is 32.9 Å². The summed E-state index contributed by atoms with van der Waals surface area (Å²) in [6.45, 7) is 2.05. The molecule has 2 aromatic rings. The normalized spacial score (nSPS) is 11.4. The number of fused-ring (bicyclic) bond motifs is 1. The average Bonchev–Trinajstić information content (AvgIpc) is 2.70. The van der Waals surface area contributed by atoms with Crippen LogP contribution in [0.4, 0.5) is 0 Å². The van der Waals surface area contributed by atoms with E-state index in [1.54, 1.807) is 6.08 Å². The predicted octanol–water partition coefficient (Wildman–Crippen LogP) is 3.30. The summed E-state index contributed by atoms with van der Waals surface area (Å²) < 4.78 is 0. The number of benzene rings is 1. The Kier molecular flexibility index (Phi) is 3.11. The molecule has 0 fully saturated rings. The fourth-order valence-electron chi connectivity index (χ4n) is 1.76. The van der Waals surface area contributed by atoms with Crippen molar-refractivity contribution in [2.75, 3.05) is 5.88 Å². The van der Waals surface area contributed by atoms with Gasteiger partial charge in [-0.1, -0.05) is 12.1 Å². The molecule has 0 saturated heterocycles. The molecule has 1 aromatic heterocycles. The van der Waals surface area contributed by atoms with Crippen LogP contribution in [0.25, 0.3) is 17.0 Å². The van der Waals surface area contributed by atoms with Gasteiger partial charge in [-0.05, 0) is 30.7 Å². The molecule has 0 bridgehead atoms. The zero-order valence-corrected chi connectivity index (χ0v) is 9.71.